The fourth-order valence-corrected chi connectivity index (χ4v) is 2.15. The second kappa shape index (κ2) is 5.16. The molecule has 6 heteroatoms. The number of ether oxygens (including phenoxy) is 2. The molecule has 1 aromatic carbocycles. The molecule has 1 aliphatic rings. The van der Waals surface area contributed by atoms with Gasteiger partial charge in [0.25, 0.3) is 0 Å². The van der Waals surface area contributed by atoms with Gasteiger partial charge in [0.05, 0.1) is 18.8 Å². The molecule has 0 saturated carbocycles. The number of alkyl halides is 3. The third-order valence-electron chi connectivity index (χ3n) is 2.92. The summed E-state index contributed by atoms with van der Waals surface area (Å²) >= 11 is 0. The number of halogens is 3. The van der Waals surface area contributed by atoms with Crippen LogP contribution in [0.4, 0.5) is 13.2 Å². The molecule has 1 aromatic rings. The molecule has 0 saturated heterocycles. The van der Waals surface area contributed by atoms with E-state index in [1.54, 1.807) is 13.8 Å². The van der Waals surface area contributed by atoms with Crippen LogP contribution in [-0.2, 0) is 12.6 Å². The molecule has 0 spiro atoms. The lowest BCUT2D eigenvalue weighted by atomic mass is 9.92. The maximum absolute atomic E-state index is 13.2. The summed E-state index contributed by atoms with van der Waals surface area (Å²) < 4.78 is 50.2. The predicted molar refractivity (Wildman–Crippen MR) is 69.0 cm³/mol. The molecular formula is C14H18F3NO2. The summed E-state index contributed by atoms with van der Waals surface area (Å²) in [5.74, 6) is 0.503. The van der Waals surface area contributed by atoms with Crippen molar-refractivity contribution < 1.29 is 22.6 Å². The Hall–Kier alpha value is -1.43. The summed E-state index contributed by atoms with van der Waals surface area (Å²) in [6.07, 6.45) is -3.68. The number of benzene rings is 1. The number of hydrogen-bond acceptors (Lipinski definition) is 3. The SMILES string of the molecule is CC(C)(N)Cc1cc2c(cc1C(F)(F)F)OCCCO2. The second-order valence-corrected chi connectivity index (χ2v) is 5.67. The highest BCUT2D eigenvalue weighted by Crippen LogP contribution is 2.40. The van der Waals surface area contributed by atoms with Gasteiger partial charge in [0, 0.05) is 12.0 Å². The smallest absolute Gasteiger partial charge is 0.416 e. The second-order valence-electron chi connectivity index (χ2n) is 5.67. The first-order valence-corrected chi connectivity index (χ1v) is 6.45. The van der Waals surface area contributed by atoms with E-state index in [4.69, 9.17) is 15.2 Å². The van der Waals surface area contributed by atoms with Crippen molar-refractivity contribution in [2.24, 2.45) is 5.73 Å². The van der Waals surface area contributed by atoms with Crippen LogP contribution in [0.2, 0.25) is 0 Å². The standard InChI is InChI=1S/C14H18F3NO2/c1-13(2,18)8-9-6-11-12(20-5-3-4-19-11)7-10(9)14(15,16)17/h6-7H,3-5,8,18H2,1-2H3. The lowest BCUT2D eigenvalue weighted by Gasteiger charge is -2.23. The molecule has 0 radical (unpaired) electrons. The normalized spacial score (nSPS) is 15.9. The Kier molecular flexibility index (Phi) is 3.86. The topological polar surface area (TPSA) is 44.5 Å². The van der Waals surface area contributed by atoms with E-state index in [0.29, 0.717) is 25.4 Å². The monoisotopic (exact) mass is 289 g/mol. The molecule has 0 aromatic heterocycles. The summed E-state index contributed by atoms with van der Waals surface area (Å²) in [5.41, 5.74) is 4.54. The molecule has 2 rings (SSSR count). The van der Waals surface area contributed by atoms with Crippen LogP contribution in [0, 0.1) is 0 Å². The molecule has 20 heavy (non-hydrogen) atoms. The maximum atomic E-state index is 13.2. The third kappa shape index (κ3) is 3.56. The van der Waals surface area contributed by atoms with Crippen LogP contribution >= 0.6 is 0 Å². The van der Waals surface area contributed by atoms with Gasteiger partial charge in [-0.15, -0.1) is 0 Å². The zero-order valence-corrected chi connectivity index (χ0v) is 11.5. The minimum Gasteiger partial charge on any atom is -0.490 e. The Morgan fingerprint density at radius 3 is 2.15 bits per heavy atom. The van der Waals surface area contributed by atoms with Gasteiger partial charge in [-0.05, 0) is 38.0 Å². The van der Waals surface area contributed by atoms with E-state index in [2.05, 4.69) is 0 Å². The molecule has 0 aliphatic carbocycles. The molecule has 3 nitrogen and oxygen atoms in total. The highest BCUT2D eigenvalue weighted by molar-refractivity contribution is 5.49. The van der Waals surface area contributed by atoms with Crippen molar-refractivity contribution in [1.82, 2.24) is 0 Å². The van der Waals surface area contributed by atoms with Gasteiger partial charge < -0.3 is 15.2 Å². The van der Waals surface area contributed by atoms with Crippen molar-refractivity contribution in [3.8, 4) is 11.5 Å². The van der Waals surface area contributed by atoms with Crippen molar-refractivity contribution >= 4 is 0 Å². The summed E-state index contributed by atoms with van der Waals surface area (Å²) in [5, 5.41) is 0. The van der Waals surface area contributed by atoms with Crippen molar-refractivity contribution in [2.45, 2.75) is 38.4 Å². The van der Waals surface area contributed by atoms with Gasteiger partial charge in [0.1, 0.15) is 0 Å². The van der Waals surface area contributed by atoms with Crippen molar-refractivity contribution in [1.29, 1.82) is 0 Å². The molecule has 112 valence electrons. The van der Waals surface area contributed by atoms with Crippen molar-refractivity contribution in [2.75, 3.05) is 13.2 Å². The van der Waals surface area contributed by atoms with Gasteiger partial charge in [-0.3, -0.25) is 0 Å². The minimum atomic E-state index is -4.44. The first kappa shape index (κ1) is 15.0. The Bertz CT molecular complexity index is 492. The molecular weight excluding hydrogens is 271 g/mol. The van der Waals surface area contributed by atoms with E-state index >= 15 is 0 Å². The molecule has 0 unspecified atom stereocenters. The van der Waals surface area contributed by atoms with E-state index < -0.39 is 17.3 Å². The molecule has 1 aliphatic heterocycles. The summed E-state index contributed by atoms with van der Waals surface area (Å²) in [4.78, 5) is 0. The van der Waals surface area contributed by atoms with Gasteiger partial charge in [-0.25, -0.2) is 0 Å². The first-order chi connectivity index (χ1) is 9.17. The van der Waals surface area contributed by atoms with Gasteiger partial charge in [0.2, 0.25) is 0 Å². The van der Waals surface area contributed by atoms with Crippen LogP contribution in [0.15, 0.2) is 12.1 Å². The summed E-state index contributed by atoms with van der Waals surface area (Å²) in [7, 11) is 0. The average molecular weight is 289 g/mol. The Labute approximate surface area is 115 Å². The van der Waals surface area contributed by atoms with E-state index in [-0.39, 0.29) is 17.7 Å². The molecule has 0 fully saturated rings. The molecule has 1 heterocycles. The minimum absolute atomic E-state index is 0.110. The molecule has 0 amide bonds. The Balaban J connectivity index is 2.50. The van der Waals surface area contributed by atoms with Gasteiger partial charge in [-0.2, -0.15) is 13.2 Å². The van der Waals surface area contributed by atoms with E-state index in [0.717, 1.165) is 6.07 Å². The maximum Gasteiger partial charge on any atom is 0.416 e. The van der Waals surface area contributed by atoms with Crippen LogP contribution in [0.5, 0.6) is 11.5 Å². The molecule has 2 N–H and O–H groups in total. The quantitative estimate of drug-likeness (QED) is 0.909. The van der Waals surface area contributed by atoms with E-state index in [9.17, 15) is 13.2 Å². The highest BCUT2D eigenvalue weighted by Gasteiger charge is 2.36. The third-order valence-corrected chi connectivity index (χ3v) is 2.92. The van der Waals surface area contributed by atoms with E-state index in [1.807, 2.05) is 0 Å². The number of fused-ring (bicyclic) bond motifs is 1. The summed E-state index contributed by atoms with van der Waals surface area (Å²) in [6.45, 7) is 4.17. The number of hydrogen-bond donors (Lipinski definition) is 1. The van der Waals surface area contributed by atoms with Crippen LogP contribution in [0.3, 0.4) is 0 Å². The fraction of sp³-hybridized carbons (Fsp3) is 0.571. The zero-order valence-electron chi connectivity index (χ0n) is 11.5. The van der Waals surface area contributed by atoms with Gasteiger partial charge in [0.15, 0.2) is 11.5 Å². The lowest BCUT2D eigenvalue weighted by molar-refractivity contribution is -0.138. The van der Waals surface area contributed by atoms with Crippen LogP contribution in [0.1, 0.15) is 31.4 Å². The van der Waals surface area contributed by atoms with Crippen molar-refractivity contribution in [3.63, 3.8) is 0 Å². The molecule has 0 atom stereocenters. The van der Waals surface area contributed by atoms with Crippen molar-refractivity contribution in [3.05, 3.63) is 23.3 Å². The van der Waals surface area contributed by atoms with E-state index in [1.165, 1.54) is 6.07 Å². The van der Waals surface area contributed by atoms with Crippen LogP contribution in [-0.4, -0.2) is 18.8 Å². The zero-order chi connectivity index (χ0) is 15.0. The number of rotatable bonds is 2. The molecule has 0 bridgehead atoms. The largest absolute Gasteiger partial charge is 0.490 e. The number of nitrogens with two attached hydrogens (primary N) is 1. The average Bonchev–Trinajstić information content (AvgIpc) is 2.48. The van der Waals surface area contributed by atoms with Crippen LogP contribution < -0.4 is 15.2 Å². The first-order valence-electron chi connectivity index (χ1n) is 6.45. The highest BCUT2D eigenvalue weighted by atomic mass is 19.4. The van der Waals surface area contributed by atoms with Crippen LogP contribution in [0.25, 0.3) is 0 Å². The predicted octanol–water partition coefficient (Wildman–Crippen LogP) is 3.15. The lowest BCUT2D eigenvalue weighted by Crippen LogP contribution is -2.35. The fourth-order valence-electron chi connectivity index (χ4n) is 2.15. The van der Waals surface area contributed by atoms with Gasteiger partial charge >= 0.3 is 6.18 Å². The summed E-state index contributed by atoms with van der Waals surface area (Å²) in [6, 6.07) is 2.42. The Morgan fingerprint density at radius 2 is 1.65 bits per heavy atom. The Morgan fingerprint density at radius 1 is 1.10 bits per heavy atom. The van der Waals surface area contributed by atoms with Gasteiger partial charge in [-0.1, -0.05) is 0 Å².